The van der Waals surface area contributed by atoms with Gasteiger partial charge in [0.25, 0.3) is 5.69 Å². The Labute approximate surface area is 147 Å². The lowest BCUT2D eigenvalue weighted by molar-refractivity contribution is -0.695. The predicted octanol–water partition coefficient (Wildman–Crippen LogP) is 3.14. The van der Waals surface area contributed by atoms with Crippen LogP contribution in [-0.4, -0.2) is 18.7 Å². The van der Waals surface area contributed by atoms with Gasteiger partial charge in [0.1, 0.15) is 0 Å². The lowest BCUT2D eigenvalue weighted by atomic mass is 10.1. The molecule has 0 saturated carbocycles. The van der Waals surface area contributed by atoms with Crippen molar-refractivity contribution in [1.82, 2.24) is 0 Å². The number of nitrogens with zero attached hydrogens (tertiary/aromatic N) is 1. The highest BCUT2D eigenvalue weighted by molar-refractivity contribution is 7.85. The molecule has 1 aromatic heterocycles. The van der Waals surface area contributed by atoms with Crippen molar-refractivity contribution in [2.24, 2.45) is 0 Å². The summed E-state index contributed by atoms with van der Waals surface area (Å²) in [7, 11) is -4.22. The van der Waals surface area contributed by atoms with Crippen molar-refractivity contribution in [3.8, 4) is 22.6 Å². The summed E-state index contributed by atoms with van der Waals surface area (Å²) in [6, 6.07) is 19.6. The second kappa shape index (κ2) is 7.21. The molecule has 6 heteroatoms. The van der Waals surface area contributed by atoms with Gasteiger partial charge in [-0.15, -0.1) is 0 Å². The van der Waals surface area contributed by atoms with E-state index in [1.165, 1.54) is 0 Å². The zero-order valence-corrected chi connectivity index (χ0v) is 14.7. The van der Waals surface area contributed by atoms with Crippen LogP contribution in [0.15, 0.2) is 65.1 Å². The van der Waals surface area contributed by atoms with Gasteiger partial charge in [-0.1, -0.05) is 48.5 Å². The van der Waals surface area contributed by atoms with Crippen molar-refractivity contribution in [3.05, 3.63) is 66.6 Å². The van der Waals surface area contributed by atoms with E-state index >= 15 is 0 Å². The number of aromatic nitrogens is 1. The SMILES string of the molecule is Cc1oc(-c2ccccc2)c(-c2ccccc2)[n+]1CCCS(=O)(=O)[O-]. The Morgan fingerprint density at radius 2 is 1.52 bits per heavy atom. The van der Waals surface area contributed by atoms with Gasteiger partial charge in [0.2, 0.25) is 5.76 Å². The van der Waals surface area contributed by atoms with Crippen LogP contribution in [0.25, 0.3) is 22.6 Å². The molecule has 0 bridgehead atoms. The first-order valence-corrected chi connectivity index (χ1v) is 9.61. The van der Waals surface area contributed by atoms with Crippen LogP contribution >= 0.6 is 0 Å². The van der Waals surface area contributed by atoms with Crippen LogP contribution in [-0.2, 0) is 16.7 Å². The molecule has 130 valence electrons. The van der Waals surface area contributed by atoms with Crippen LogP contribution in [0.5, 0.6) is 0 Å². The molecule has 0 aliphatic carbocycles. The highest BCUT2D eigenvalue weighted by atomic mass is 32.2. The van der Waals surface area contributed by atoms with Crippen LogP contribution in [0, 0.1) is 6.92 Å². The van der Waals surface area contributed by atoms with E-state index in [4.69, 9.17) is 4.42 Å². The molecule has 5 nitrogen and oxygen atoms in total. The molecule has 0 radical (unpaired) electrons. The molecule has 3 aromatic rings. The third-order valence-corrected chi connectivity index (χ3v) is 4.76. The van der Waals surface area contributed by atoms with Gasteiger partial charge in [0.15, 0.2) is 6.54 Å². The van der Waals surface area contributed by atoms with Crippen molar-refractivity contribution < 1.29 is 22.0 Å². The summed E-state index contributed by atoms with van der Waals surface area (Å²) in [5.41, 5.74) is 2.80. The summed E-state index contributed by atoms with van der Waals surface area (Å²) in [4.78, 5) is 0. The van der Waals surface area contributed by atoms with E-state index < -0.39 is 10.1 Å². The van der Waals surface area contributed by atoms with Gasteiger partial charge >= 0.3 is 5.89 Å². The standard InChI is InChI=1S/C19H19NO4S/c1-15-20(13-8-14-25(21,22)23)18(16-9-4-2-5-10-16)19(24-15)17-11-6-3-7-12-17/h2-7,9-12H,8,13-14H2,1H3. The summed E-state index contributed by atoms with van der Waals surface area (Å²) in [5.74, 6) is 1.01. The molecular weight excluding hydrogens is 338 g/mol. The van der Waals surface area contributed by atoms with Crippen LogP contribution in [0.4, 0.5) is 0 Å². The van der Waals surface area contributed by atoms with Gasteiger partial charge < -0.3 is 8.97 Å². The number of rotatable bonds is 6. The average Bonchev–Trinajstić information content (AvgIpc) is 2.92. The first-order chi connectivity index (χ1) is 12.0. The largest absolute Gasteiger partial charge is 0.748 e. The lowest BCUT2D eigenvalue weighted by Crippen LogP contribution is -2.37. The van der Waals surface area contributed by atoms with Gasteiger partial charge in [-0.25, -0.2) is 8.42 Å². The number of benzene rings is 2. The Bertz CT molecular complexity index is 948. The van der Waals surface area contributed by atoms with Crippen LogP contribution in [0.2, 0.25) is 0 Å². The van der Waals surface area contributed by atoms with E-state index in [0.29, 0.717) is 12.4 Å². The van der Waals surface area contributed by atoms with Gasteiger partial charge in [-0.05, 0) is 12.1 Å². The molecule has 1 heterocycles. The molecule has 0 aliphatic rings. The summed E-state index contributed by atoms with van der Waals surface area (Å²) < 4.78 is 40.6. The zero-order valence-electron chi connectivity index (χ0n) is 13.9. The zero-order chi connectivity index (χ0) is 17.9. The fraction of sp³-hybridized carbons (Fsp3) is 0.211. The summed E-state index contributed by atoms with van der Waals surface area (Å²) in [6.45, 7) is 2.23. The Hall–Kier alpha value is -2.44. The lowest BCUT2D eigenvalue weighted by Gasteiger charge is -2.05. The summed E-state index contributed by atoms with van der Waals surface area (Å²) >= 11 is 0. The molecule has 0 amide bonds. The van der Waals surface area contributed by atoms with Crippen LogP contribution in [0.3, 0.4) is 0 Å². The average molecular weight is 357 g/mol. The Morgan fingerprint density at radius 1 is 0.960 bits per heavy atom. The molecular formula is C19H19NO4S. The van der Waals surface area contributed by atoms with Gasteiger partial charge in [-0.3, -0.25) is 0 Å². The molecule has 0 unspecified atom stereocenters. The van der Waals surface area contributed by atoms with E-state index in [1.807, 2.05) is 72.2 Å². The Morgan fingerprint density at radius 3 is 2.08 bits per heavy atom. The molecule has 0 atom stereocenters. The quantitative estimate of drug-likeness (QED) is 0.502. The summed E-state index contributed by atoms with van der Waals surface area (Å²) in [6.07, 6.45) is 0.241. The van der Waals surface area contributed by atoms with E-state index in [9.17, 15) is 13.0 Å². The second-order valence-corrected chi connectivity index (χ2v) is 7.32. The van der Waals surface area contributed by atoms with Gasteiger partial charge in [0, 0.05) is 17.7 Å². The van der Waals surface area contributed by atoms with Gasteiger partial charge in [-0.2, -0.15) is 4.57 Å². The number of oxazole rings is 1. The van der Waals surface area contributed by atoms with Crippen molar-refractivity contribution in [3.63, 3.8) is 0 Å². The normalized spacial score (nSPS) is 11.6. The molecule has 0 spiro atoms. The maximum Gasteiger partial charge on any atom is 0.344 e. The molecule has 0 aliphatic heterocycles. The van der Waals surface area contributed by atoms with Crippen molar-refractivity contribution in [2.75, 3.05) is 5.75 Å². The van der Waals surface area contributed by atoms with Gasteiger partial charge in [0.05, 0.1) is 22.6 Å². The minimum Gasteiger partial charge on any atom is -0.748 e. The van der Waals surface area contributed by atoms with E-state index in [1.54, 1.807) is 0 Å². The molecule has 0 N–H and O–H groups in total. The molecule has 25 heavy (non-hydrogen) atoms. The summed E-state index contributed by atoms with van der Waals surface area (Å²) in [5, 5.41) is 0. The topological polar surface area (TPSA) is 74.2 Å². The van der Waals surface area contributed by atoms with Crippen LogP contribution in [0.1, 0.15) is 12.3 Å². The highest BCUT2D eigenvalue weighted by Crippen LogP contribution is 2.31. The third-order valence-electron chi connectivity index (χ3n) is 3.97. The second-order valence-electron chi connectivity index (χ2n) is 5.80. The minimum absolute atomic E-state index is 0.241. The monoisotopic (exact) mass is 357 g/mol. The fourth-order valence-corrected chi connectivity index (χ4v) is 3.35. The molecule has 0 fully saturated rings. The fourth-order valence-electron chi connectivity index (χ4n) is 2.87. The van der Waals surface area contributed by atoms with Crippen molar-refractivity contribution in [2.45, 2.75) is 19.9 Å². The van der Waals surface area contributed by atoms with Crippen molar-refractivity contribution in [1.29, 1.82) is 0 Å². The van der Waals surface area contributed by atoms with E-state index in [-0.39, 0.29) is 12.2 Å². The number of hydrogen-bond donors (Lipinski definition) is 0. The first-order valence-electron chi connectivity index (χ1n) is 8.03. The maximum absolute atomic E-state index is 10.9. The van der Waals surface area contributed by atoms with Crippen molar-refractivity contribution >= 4 is 10.1 Å². The predicted molar refractivity (Wildman–Crippen MR) is 93.7 cm³/mol. The molecule has 2 aromatic carbocycles. The first kappa shape index (κ1) is 17.4. The van der Waals surface area contributed by atoms with Crippen LogP contribution < -0.4 is 4.57 Å². The Kier molecular flexibility index (Phi) is 5.01. The van der Waals surface area contributed by atoms with E-state index in [2.05, 4.69) is 0 Å². The number of aryl methyl sites for hydroxylation is 1. The molecule has 0 saturated heterocycles. The van der Waals surface area contributed by atoms with E-state index in [0.717, 1.165) is 22.6 Å². The molecule has 3 rings (SSSR count). The highest BCUT2D eigenvalue weighted by Gasteiger charge is 2.28. The maximum atomic E-state index is 10.9. The third kappa shape index (κ3) is 4.15. The minimum atomic E-state index is -4.22. The number of hydrogen-bond acceptors (Lipinski definition) is 4. The smallest absolute Gasteiger partial charge is 0.344 e. The Balaban J connectivity index is 2.07.